The smallest absolute Gasteiger partial charge is 0.254 e. The molecule has 4 rings (SSSR count). The number of nitrogens with zero attached hydrogens (tertiary/aromatic N) is 2. The Labute approximate surface area is 241 Å². The van der Waals surface area contributed by atoms with Crippen molar-refractivity contribution < 1.29 is 33.0 Å². The van der Waals surface area contributed by atoms with Gasteiger partial charge in [0.2, 0.25) is 0 Å². The number of amides is 1. The van der Waals surface area contributed by atoms with E-state index in [1.165, 1.54) is 0 Å². The third-order valence-electron chi connectivity index (χ3n) is 7.14. The minimum atomic E-state index is -0.0749. The Morgan fingerprint density at radius 1 is 1.02 bits per heavy atom. The summed E-state index contributed by atoms with van der Waals surface area (Å²) in [4.78, 5) is 15.6. The molecule has 0 aliphatic carbocycles. The number of carbonyl (C=O) groups excluding carboxylic acids is 1. The molecule has 2 atom stereocenters. The molecule has 10 nitrogen and oxygen atoms in total. The van der Waals surface area contributed by atoms with Crippen LogP contribution in [0.1, 0.15) is 36.4 Å². The van der Waals surface area contributed by atoms with Gasteiger partial charge in [0, 0.05) is 68.9 Å². The van der Waals surface area contributed by atoms with Crippen LogP contribution in [0.5, 0.6) is 17.2 Å². The zero-order chi connectivity index (χ0) is 29.2. The third-order valence-corrected chi connectivity index (χ3v) is 7.14. The quantitative estimate of drug-likeness (QED) is 0.267. The highest BCUT2D eigenvalue weighted by atomic mass is 16.5. The van der Waals surface area contributed by atoms with E-state index < -0.39 is 0 Å². The fourth-order valence-electron chi connectivity index (χ4n) is 4.81. The Kier molecular flexibility index (Phi) is 11.0. The first-order valence-electron chi connectivity index (χ1n) is 14.0. The summed E-state index contributed by atoms with van der Waals surface area (Å²) in [5, 5.41) is 7.61. The van der Waals surface area contributed by atoms with Crippen molar-refractivity contribution in [2.75, 3.05) is 54.2 Å². The highest BCUT2D eigenvalue weighted by Gasteiger charge is 2.32. The highest BCUT2D eigenvalue weighted by molar-refractivity contribution is 5.95. The number of ether oxygens (including phenoxy) is 5. The number of hydrogen-bond donors (Lipinski definition) is 1. The zero-order valence-electron chi connectivity index (χ0n) is 24.6. The van der Waals surface area contributed by atoms with E-state index in [9.17, 15) is 4.79 Å². The molecule has 0 unspecified atom stereocenters. The van der Waals surface area contributed by atoms with E-state index >= 15 is 0 Å². The third kappa shape index (κ3) is 8.00. The molecule has 0 radical (unpaired) electrons. The minimum Gasteiger partial charge on any atom is -0.497 e. The molecule has 41 heavy (non-hydrogen) atoms. The number of carbonyl (C=O) groups is 1. The van der Waals surface area contributed by atoms with Crippen LogP contribution in [-0.4, -0.2) is 82.3 Å². The van der Waals surface area contributed by atoms with E-state index in [2.05, 4.69) is 10.5 Å². The van der Waals surface area contributed by atoms with E-state index in [1.54, 1.807) is 39.5 Å². The van der Waals surface area contributed by atoms with Crippen LogP contribution < -0.4 is 19.5 Å². The van der Waals surface area contributed by atoms with E-state index in [0.29, 0.717) is 55.7 Å². The number of aromatic nitrogens is 1. The molecular weight excluding hydrogens is 526 g/mol. The molecule has 1 aliphatic heterocycles. The van der Waals surface area contributed by atoms with Crippen LogP contribution in [0.25, 0.3) is 11.3 Å². The van der Waals surface area contributed by atoms with E-state index in [0.717, 1.165) is 30.0 Å². The summed E-state index contributed by atoms with van der Waals surface area (Å²) in [6, 6.07) is 14.9. The van der Waals surface area contributed by atoms with Gasteiger partial charge in [-0.05, 0) is 56.3 Å². The van der Waals surface area contributed by atoms with Gasteiger partial charge in [0.05, 0.1) is 26.9 Å². The second-order valence-corrected chi connectivity index (χ2v) is 10.3. The molecular formula is C31H41N3O7. The molecule has 2 heterocycles. The summed E-state index contributed by atoms with van der Waals surface area (Å²) in [5.74, 6) is 2.62. The second-order valence-electron chi connectivity index (χ2n) is 10.3. The lowest BCUT2D eigenvalue weighted by Gasteiger charge is -2.31. The molecule has 0 bridgehead atoms. The fourth-order valence-corrected chi connectivity index (χ4v) is 4.81. The Hall–Kier alpha value is -3.60. The van der Waals surface area contributed by atoms with E-state index in [1.807, 2.05) is 49.1 Å². The van der Waals surface area contributed by atoms with Crippen molar-refractivity contribution in [2.45, 2.75) is 39.0 Å². The molecule has 1 saturated heterocycles. The first-order chi connectivity index (χ1) is 19.9. The predicted octanol–water partition coefficient (Wildman–Crippen LogP) is 4.43. The van der Waals surface area contributed by atoms with E-state index in [4.69, 9.17) is 28.2 Å². The van der Waals surface area contributed by atoms with Gasteiger partial charge >= 0.3 is 0 Å². The highest BCUT2D eigenvalue weighted by Crippen LogP contribution is 2.30. The van der Waals surface area contributed by atoms with Crippen molar-refractivity contribution in [1.82, 2.24) is 15.4 Å². The van der Waals surface area contributed by atoms with Crippen LogP contribution in [0.4, 0.5) is 0 Å². The molecule has 0 saturated carbocycles. The number of methoxy groups -OCH3 is 3. The van der Waals surface area contributed by atoms with Gasteiger partial charge < -0.3 is 38.4 Å². The molecule has 1 amide bonds. The van der Waals surface area contributed by atoms with Crippen molar-refractivity contribution in [1.29, 1.82) is 0 Å². The van der Waals surface area contributed by atoms with Gasteiger partial charge in [0.25, 0.3) is 5.91 Å². The zero-order valence-corrected chi connectivity index (χ0v) is 24.6. The second kappa shape index (κ2) is 14.9. The molecule has 1 fully saturated rings. The molecule has 2 aromatic carbocycles. The summed E-state index contributed by atoms with van der Waals surface area (Å²) >= 11 is 0. The Balaban J connectivity index is 1.38. The van der Waals surface area contributed by atoms with Crippen molar-refractivity contribution >= 4 is 5.91 Å². The van der Waals surface area contributed by atoms with Crippen molar-refractivity contribution in [2.24, 2.45) is 5.92 Å². The van der Waals surface area contributed by atoms with Crippen molar-refractivity contribution in [3.8, 4) is 28.5 Å². The first kappa shape index (κ1) is 30.4. The summed E-state index contributed by atoms with van der Waals surface area (Å²) < 4.78 is 33.5. The molecule has 0 spiro atoms. The monoisotopic (exact) mass is 567 g/mol. The standard InChI is InChI=1S/C31H41N3O7/c1-21(2)34(31(35)23-9-12-28(38-5)29(15-23)39-14-6-13-36-3)19-24-17-32-18-30(24)40-20-26-16-27(33-41-26)22-7-10-25(37-4)11-8-22/h7-12,15-16,21,24,30,32H,6,13-14,17-20H2,1-5H3/t24-,30+/m0/s1. The van der Waals surface area contributed by atoms with E-state index in [-0.39, 0.29) is 24.0 Å². The van der Waals surface area contributed by atoms with Gasteiger partial charge in [-0.3, -0.25) is 4.79 Å². The Bertz CT molecular complexity index is 1240. The van der Waals surface area contributed by atoms with Crippen molar-refractivity contribution in [3.05, 3.63) is 59.9 Å². The summed E-state index contributed by atoms with van der Waals surface area (Å²) in [5.41, 5.74) is 2.23. The molecule has 1 N–H and O–H groups in total. The van der Waals surface area contributed by atoms with Gasteiger partial charge in [-0.15, -0.1) is 0 Å². The van der Waals surface area contributed by atoms with Crippen LogP contribution in [-0.2, 0) is 16.1 Å². The number of nitrogens with one attached hydrogen (secondary N) is 1. The minimum absolute atomic E-state index is 0.00162. The largest absolute Gasteiger partial charge is 0.497 e. The van der Waals surface area contributed by atoms with Crippen molar-refractivity contribution in [3.63, 3.8) is 0 Å². The topological polar surface area (TPSA) is 105 Å². The van der Waals surface area contributed by atoms with Gasteiger partial charge in [-0.25, -0.2) is 0 Å². The lowest BCUT2D eigenvalue weighted by atomic mass is 10.0. The number of rotatable bonds is 15. The maximum Gasteiger partial charge on any atom is 0.254 e. The SMILES string of the molecule is COCCCOc1cc(C(=O)N(C[C@@H]2CNC[C@H]2OCc2cc(-c3ccc(OC)cc3)no2)C(C)C)ccc1OC. The normalized spacial score (nSPS) is 16.6. The maximum atomic E-state index is 13.7. The fraction of sp³-hybridized carbons (Fsp3) is 0.484. The molecule has 10 heteroatoms. The maximum absolute atomic E-state index is 13.7. The average Bonchev–Trinajstić information content (AvgIpc) is 3.66. The van der Waals surface area contributed by atoms with Crippen LogP contribution in [0.3, 0.4) is 0 Å². The molecule has 3 aromatic rings. The lowest BCUT2D eigenvalue weighted by Crippen LogP contribution is -2.43. The summed E-state index contributed by atoms with van der Waals surface area (Å²) in [7, 11) is 4.88. The Morgan fingerprint density at radius 2 is 1.83 bits per heavy atom. The van der Waals surface area contributed by atoms with Crippen LogP contribution in [0.15, 0.2) is 53.1 Å². The summed E-state index contributed by atoms with van der Waals surface area (Å²) in [6.07, 6.45) is 0.664. The van der Waals surface area contributed by atoms with Gasteiger partial charge in [-0.2, -0.15) is 0 Å². The lowest BCUT2D eigenvalue weighted by molar-refractivity contribution is 0.00422. The van der Waals surface area contributed by atoms with Crippen LogP contribution in [0, 0.1) is 5.92 Å². The number of benzene rings is 2. The average molecular weight is 568 g/mol. The van der Waals surface area contributed by atoms with Crippen LogP contribution in [0.2, 0.25) is 0 Å². The van der Waals surface area contributed by atoms with Crippen LogP contribution >= 0.6 is 0 Å². The number of hydrogen-bond acceptors (Lipinski definition) is 9. The predicted molar refractivity (Wildman–Crippen MR) is 155 cm³/mol. The van der Waals surface area contributed by atoms with Gasteiger partial charge in [0.1, 0.15) is 18.1 Å². The molecule has 222 valence electrons. The van der Waals surface area contributed by atoms with Gasteiger partial charge in [-0.1, -0.05) is 5.16 Å². The molecule has 1 aromatic heterocycles. The Morgan fingerprint density at radius 3 is 2.54 bits per heavy atom. The first-order valence-corrected chi connectivity index (χ1v) is 14.0. The molecule has 1 aliphatic rings. The summed E-state index contributed by atoms with van der Waals surface area (Å²) in [6.45, 7) is 7.42. The van der Waals surface area contributed by atoms with Gasteiger partial charge in [0.15, 0.2) is 17.3 Å².